The highest BCUT2D eigenvalue weighted by Gasteiger charge is 1.95. The van der Waals surface area contributed by atoms with Gasteiger partial charge in [0.25, 0.3) is 0 Å². The van der Waals surface area contributed by atoms with E-state index < -0.39 is 0 Å². The average Bonchev–Trinajstić information content (AvgIpc) is 1.83. The van der Waals surface area contributed by atoms with Crippen molar-refractivity contribution >= 4 is 0 Å². The predicted molar refractivity (Wildman–Crippen MR) is 35.9 cm³/mol. The molecule has 0 aromatic heterocycles. The molecule has 0 aromatic rings. The number of hydrogen-bond donors (Lipinski definition) is 0. The maximum atomic E-state index is 9.80. The lowest BCUT2D eigenvalue weighted by Crippen LogP contribution is -2.00. The summed E-state index contributed by atoms with van der Waals surface area (Å²) < 4.78 is 0. The van der Waals surface area contributed by atoms with Crippen molar-refractivity contribution in [1.82, 2.24) is 0 Å². The fourth-order valence-corrected chi connectivity index (χ4v) is 0.412. The van der Waals surface area contributed by atoms with E-state index >= 15 is 0 Å². The van der Waals surface area contributed by atoms with Crippen LogP contribution < -0.4 is 0 Å². The minimum Gasteiger partial charge on any atom is -0.265 e. The molecule has 0 saturated heterocycles. The lowest BCUT2D eigenvalue weighted by molar-refractivity contribution is -0.479. The molecule has 52 valence electrons. The second-order valence-electron chi connectivity index (χ2n) is 1.94. The van der Waals surface area contributed by atoms with Crippen LogP contribution in [-0.4, -0.2) is 11.5 Å². The van der Waals surface area contributed by atoms with Gasteiger partial charge in [-0.3, -0.25) is 10.1 Å². The van der Waals surface area contributed by atoms with Crippen LogP contribution in [0.5, 0.6) is 0 Å². The third-order valence-corrected chi connectivity index (χ3v) is 1.18. The van der Waals surface area contributed by atoms with Gasteiger partial charge in [-0.15, -0.1) is 0 Å². The quantitative estimate of drug-likeness (QED) is 0.330. The van der Waals surface area contributed by atoms with Crippen LogP contribution in [0, 0.1) is 10.1 Å². The molecule has 0 bridgehead atoms. The van der Waals surface area contributed by atoms with Crippen molar-refractivity contribution in [2.45, 2.75) is 20.3 Å². The molecular weight excluding hydrogens is 118 g/mol. The molecule has 0 rings (SSSR count). The van der Waals surface area contributed by atoms with E-state index in [-0.39, 0.29) is 11.5 Å². The summed E-state index contributed by atoms with van der Waals surface area (Å²) in [4.78, 5) is 9.50. The van der Waals surface area contributed by atoms with Gasteiger partial charge in [0.05, 0.1) is 0 Å². The molecule has 0 radical (unpaired) electrons. The first-order chi connectivity index (χ1) is 4.16. The summed E-state index contributed by atoms with van der Waals surface area (Å²) in [6.07, 6.45) is 2.47. The Morgan fingerprint density at radius 3 is 2.67 bits per heavy atom. The average molecular weight is 129 g/mol. The predicted octanol–water partition coefficient (Wildman–Crippen LogP) is 1.62. The zero-order valence-corrected chi connectivity index (χ0v) is 5.76. The molecule has 0 aliphatic carbocycles. The van der Waals surface area contributed by atoms with Crippen molar-refractivity contribution in [3.8, 4) is 0 Å². The Morgan fingerprint density at radius 2 is 2.33 bits per heavy atom. The van der Waals surface area contributed by atoms with Gasteiger partial charge in [0.2, 0.25) is 6.54 Å². The second kappa shape index (κ2) is 4.06. The monoisotopic (exact) mass is 129 g/mol. The lowest BCUT2D eigenvalue weighted by atomic mass is 10.2. The van der Waals surface area contributed by atoms with Crippen molar-refractivity contribution in [2.75, 3.05) is 6.54 Å². The van der Waals surface area contributed by atoms with E-state index in [9.17, 15) is 10.1 Å². The molecule has 0 unspecified atom stereocenters. The van der Waals surface area contributed by atoms with Crippen molar-refractivity contribution < 1.29 is 4.92 Å². The highest BCUT2D eigenvalue weighted by atomic mass is 16.6. The van der Waals surface area contributed by atoms with Crippen LogP contribution in [0.3, 0.4) is 0 Å². The van der Waals surface area contributed by atoms with Crippen LogP contribution in [0.4, 0.5) is 0 Å². The molecule has 9 heavy (non-hydrogen) atoms. The summed E-state index contributed by atoms with van der Waals surface area (Å²) in [6, 6.07) is 0. The Balaban J connectivity index is 3.39. The lowest BCUT2D eigenvalue weighted by Gasteiger charge is -1.92. The van der Waals surface area contributed by atoms with Crippen molar-refractivity contribution in [1.29, 1.82) is 0 Å². The fourth-order valence-electron chi connectivity index (χ4n) is 0.412. The van der Waals surface area contributed by atoms with Crippen molar-refractivity contribution in [3.63, 3.8) is 0 Å². The highest BCUT2D eigenvalue weighted by Crippen LogP contribution is 1.97. The third-order valence-electron chi connectivity index (χ3n) is 1.18. The summed E-state index contributed by atoms with van der Waals surface area (Å²) in [5, 5.41) is 9.80. The third kappa shape index (κ3) is 5.00. The minimum absolute atomic E-state index is 0.0518. The van der Waals surface area contributed by atoms with Crippen LogP contribution in [0.2, 0.25) is 0 Å². The normalized spacial score (nSPS) is 11.6. The summed E-state index contributed by atoms with van der Waals surface area (Å²) in [6.45, 7) is 3.83. The number of hydrogen-bond acceptors (Lipinski definition) is 2. The first kappa shape index (κ1) is 8.14. The molecule has 0 atom stereocenters. The Bertz CT molecular complexity index is 129. The number of rotatable bonds is 3. The zero-order chi connectivity index (χ0) is 7.28. The molecule has 0 amide bonds. The zero-order valence-electron chi connectivity index (χ0n) is 5.76. The molecule has 0 aliphatic rings. The molecule has 0 heterocycles. The Morgan fingerprint density at radius 1 is 1.78 bits per heavy atom. The highest BCUT2D eigenvalue weighted by molar-refractivity contribution is 4.94. The van der Waals surface area contributed by atoms with Crippen LogP contribution in [-0.2, 0) is 0 Å². The van der Waals surface area contributed by atoms with Crippen LogP contribution in [0.15, 0.2) is 11.6 Å². The van der Waals surface area contributed by atoms with Gasteiger partial charge in [-0.25, -0.2) is 0 Å². The van der Waals surface area contributed by atoms with Crippen LogP contribution >= 0.6 is 0 Å². The number of nitrogens with zero attached hydrogens (tertiary/aromatic N) is 1. The van der Waals surface area contributed by atoms with Gasteiger partial charge < -0.3 is 0 Å². The molecule has 0 aromatic carbocycles. The summed E-state index contributed by atoms with van der Waals surface area (Å²) >= 11 is 0. The summed E-state index contributed by atoms with van der Waals surface area (Å²) in [5.41, 5.74) is 1.08. The summed E-state index contributed by atoms with van der Waals surface area (Å²) in [7, 11) is 0. The summed E-state index contributed by atoms with van der Waals surface area (Å²) in [5.74, 6) is 0. The Labute approximate surface area is 54.5 Å². The maximum Gasteiger partial charge on any atom is 0.207 e. The number of nitro groups is 1. The van der Waals surface area contributed by atoms with Gasteiger partial charge in [-0.2, -0.15) is 0 Å². The molecule has 3 nitrogen and oxygen atoms in total. The second-order valence-corrected chi connectivity index (χ2v) is 1.94. The van der Waals surface area contributed by atoms with E-state index in [1.165, 1.54) is 0 Å². The van der Waals surface area contributed by atoms with Gasteiger partial charge in [-0.1, -0.05) is 11.6 Å². The maximum absolute atomic E-state index is 9.80. The Hall–Kier alpha value is -0.860. The molecular formula is C6H11NO2. The number of allylic oxidation sites excluding steroid dienone is 1. The molecule has 0 fully saturated rings. The molecule has 0 saturated carbocycles. The molecule has 3 heteroatoms. The first-order valence-electron chi connectivity index (χ1n) is 2.90. The smallest absolute Gasteiger partial charge is 0.207 e. The van der Waals surface area contributed by atoms with Gasteiger partial charge >= 0.3 is 0 Å². The van der Waals surface area contributed by atoms with E-state index in [2.05, 4.69) is 0 Å². The van der Waals surface area contributed by atoms with Crippen LogP contribution in [0.25, 0.3) is 0 Å². The van der Waals surface area contributed by atoms with Gasteiger partial charge in [0, 0.05) is 11.3 Å². The van der Waals surface area contributed by atoms with E-state index in [1.807, 2.05) is 19.9 Å². The minimum atomic E-state index is -0.299. The van der Waals surface area contributed by atoms with E-state index in [0.717, 1.165) is 5.57 Å². The van der Waals surface area contributed by atoms with Gasteiger partial charge in [-0.05, 0) is 13.8 Å². The van der Waals surface area contributed by atoms with E-state index in [4.69, 9.17) is 0 Å². The Kier molecular flexibility index (Phi) is 3.67. The first-order valence-corrected chi connectivity index (χ1v) is 2.90. The standard InChI is InChI=1S/C6H11NO2/c1-3-6(2)4-5-7(8)9/h3H,4-5H2,1-2H3. The van der Waals surface area contributed by atoms with Crippen LogP contribution in [0.1, 0.15) is 20.3 Å². The van der Waals surface area contributed by atoms with Gasteiger partial charge in [0.15, 0.2) is 0 Å². The van der Waals surface area contributed by atoms with Crippen molar-refractivity contribution in [2.24, 2.45) is 0 Å². The molecule has 0 N–H and O–H groups in total. The largest absolute Gasteiger partial charge is 0.265 e. The van der Waals surface area contributed by atoms with E-state index in [1.54, 1.807) is 0 Å². The topological polar surface area (TPSA) is 43.1 Å². The molecule has 0 aliphatic heterocycles. The van der Waals surface area contributed by atoms with Crippen molar-refractivity contribution in [3.05, 3.63) is 21.8 Å². The fraction of sp³-hybridized carbons (Fsp3) is 0.667. The van der Waals surface area contributed by atoms with E-state index in [0.29, 0.717) is 6.42 Å². The molecule has 0 spiro atoms. The SMILES string of the molecule is CC=C(C)CC[N+](=O)[O-]. The van der Waals surface area contributed by atoms with Gasteiger partial charge in [0.1, 0.15) is 0 Å².